The minimum absolute atomic E-state index is 0.132. The first-order chi connectivity index (χ1) is 8.75. The van der Waals surface area contributed by atoms with Crippen molar-refractivity contribution in [2.24, 2.45) is 0 Å². The fourth-order valence-electron chi connectivity index (χ4n) is 2.14. The summed E-state index contributed by atoms with van der Waals surface area (Å²) < 4.78 is 0. The maximum atomic E-state index is 12.3. The summed E-state index contributed by atoms with van der Waals surface area (Å²) in [7, 11) is 0. The van der Waals surface area contributed by atoms with Gasteiger partial charge in [-0.2, -0.15) is 0 Å². The highest BCUT2D eigenvalue weighted by molar-refractivity contribution is 6.05. The van der Waals surface area contributed by atoms with Crippen LogP contribution in [0.15, 0.2) is 36.7 Å². The van der Waals surface area contributed by atoms with Gasteiger partial charge in [-0.1, -0.05) is 18.2 Å². The van der Waals surface area contributed by atoms with E-state index >= 15 is 0 Å². The van der Waals surface area contributed by atoms with E-state index in [1.165, 1.54) is 18.0 Å². The summed E-state index contributed by atoms with van der Waals surface area (Å²) in [5, 5.41) is 0. The predicted molar refractivity (Wildman–Crippen MR) is 68.3 cm³/mol. The molecule has 1 aromatic carbocycles. The molecule has 2 N–H and O–H groups in total. The Morgan fingerprint density at radius 1 is 1.22 bits per heavy atom. The molecule has 0 radical (unpaired) electrons. The second kappa shape index (κ2) is 4.10. The Kier molecular flexibility index (Phi) is 2.44. The number of nitrogens with two attached hydrogens (primary N) is 1. The number of para-hydroxylation sites is 1. The van der Waals surface area contributed by atoms with E-state index in [-0.39, 0.29) is 5.91 Å². The van der Waals surface area contributed by atoms with Crippen molar-refractivity contribution < 1.29 is 4.79 Å². The highest BCUT2D eigenvalue weighted by Crippen LogP contribution is 2.28. The number of benzene rings is 1. The molecule has 90 valence electrons. The summed E-state index contributed by atoms with van der Waals surface area (Å²) in [5.41, 5.74) is 7.93. The van der Waals surface area contributed by atoms with Crippen LogP contribution < -0.4 is 10.6 Å². The molecule has 2 heterocycles. The third-order valence-corrected chi connectivity index (χ3v) is 3.02. The number of anilines is 2. The van der Waals surface area contributed by atoms with Gasteiger partial charge in [-0.15, -0.1) is 0 Å². The molecule has 0 bridgehead atoms. The van der Waals surface area contributed by atoms with Gasteiger partial charge in [-0.25, -0.2) is 9.97 Å². The van der Waals surface area contributed by atoms with E-state index in [1.54, 1.807) is 4.90 Å². The first-order valence-corrected chi connectivity index (χ1v) is 5.73. The largest absolute Gasteiger partial charge is 0.382 e. The van der Waals surface area contributed by atoms with E-state index in [9.17, 15) is 4.79 Å². The van der Waals surface area contributed by atoms with E-state index in [0.717, 1.165) is 12.1 Å². The zero-order valence-corrected chi connectivity index (χ0v) is 9.71. The number of hydrogen-bond acceptors (Lipinski definition) is 4. The van der Waals surface area contributed by atoms with Gasteiger partial charge in [-0.05, 0) is 18.1 Å². The Morgan fingerprint density at radius 2 is 2.06 bits per heavy atom. The molecule has 1 aromatic heterocycles. The third kappa shape index (κ3) is 1.69. The van der Waals surface area contributed by atoms with Gasteiger partial charge in [0.25, 0.3) is 5.91 Å². The summed E-state index contributed by atoms with van der Waals surface area (Å²) in [5.74, 6) is 0.181. The number of nitrogen functional groups attached to an aromatic ring is 1. The van der Waals surface area contributed by atoms with Crippen LogP contribution >= 0.6 is 0 Å². The molecule has 1 aliphatic rings. The minimum Gasteiger partial charge on any atom is -0.382 e. The molecule has 0 spiro atoms. The first kappa shape index (κ1) is 10.7. The van der Waals surface area contributed by atoms with Crippen molar-refractivity contribution in [2.75, 3.05) is 17.2 Å². The summed E-state index contributed by atoms with van der Waals surface area (Å²) in [4.78, 5) is 21.9. The van der Waals surface area contributed by atoms with Crippen LogP contribution in [-0.4, -0.2) is 22.4 Å². The van der Waals surface area contributed by atoms with Crippen LogP contribution in [0.5, 0.6) is 0 Å². The van der Waals surface area contributed by atoms with Crippen molar-refractivity contribution in [1.29, 1.82) is 0 Å². The van der Waals surface area contributed by atoms with Gasteiger partial charge in [0.15, 0.2) is 0 Å². The second-order valence-electron chi connectivity index (χ2n) is 4.16. The maximum Gasteiger partial charge on any atom is 0.278 e. The molecule has 3 rings (SSSR count). The molecule has 0 saturated carbocycles. The topological polar surface area (TPSA) is 72.1 Å². The molecule has 0 aliphatic carbocycles. The maximum absolute atomic E-state index is 12.3. The van der Waals surface area contributed by atoms with Crippen LogP contribution in [-0.2, 0) is 6.42 Å². The van der Waals surface area contributed by atoms with E-state index < -0.39 is 0 Å². The van der Waals surface area contributed by atoms with Crippen LogP contribution in [0.25, 0.3) is 0 Å². The molecule has 0 unspecified atom stereocenters. The number of fused-ring (bicyclic) bond motifs is 1. The zero-order valence-electron chi connectivity index (χ0n) is 9.71. The molecular weight excluding hydrogens is 228 g/mol. The average Bonchev–Trinajstić information content (AvgIpc) is 2.82. The SMILES string of the molecule is Nc1cnc(C(=O)N2CCc3ccccc32)cn1. The monoisotopic (exact) mass is 240 g/mol. The van der Waals surface area contributed by atoms with Crippen molar-refractivity contribution in [3.05, 3.63) is 47.9 Å². The fraction of sp³-hybridized carbons (Fsp3) is 0.154. The molecule has 0 saturated heterocycles. The second-order valence-corrected chi connectivity index (χ2v) is 4.16. The van der Waals surface area contributed by atoms with Crippen molar-refractivity contribution in [2.45, 2.75) is 6.42 Å². The van der Waals surface area contributed by atoms with Crippen molar-refractivity contribution in [3.63, 3.8) is 0 Å². The Labute approximate surface area is 104 Å². The molecule has 0 fully saturated rings. The van der Waals surface area contributed by atoms with Crippen molar-refractivity contribution in [1.82, 2.24) is 9.97 Å². The van der Waals surface area contributed by atoms with Gasteiger partial charge in [0.1, 0.15) is 11.5 Å². The van der Waals surface area contributed by atoms with Gasteiger partial charge in [0, 0.05) is 12.2 Å². The molecule has 2 aromatic rings. The van der Waals surface area contributed by atoms with Gasteiger partial charge in [0.2, 0.25) is 0 Å². The zero-order chi connectivity index (χ0) is 12.5. The summed E-state index contributed by atoms with van der Waals surface area (Å²) >= 11 is 0. The molecule has 5 heteroatoms. The van der Waals surface area contributed by atoms with E-state index in [0.29, 0.717) is 18.1 Å². The molecule has 1 amide bonds. The number of amides is 1. The molecule has 1 aliphatic heterocycles. The van der Waals surface area contributed by atoms with Crippen LogP contribution in [0, 0.1) is 0 Å². The van der Waals surface area contributed by atoms with E-state index in [2.05, 4.69) is 9.97 Å². The molecular formula is C13H12N4O. The van der Waals surface area contributed by atoms with Gasteiger partial charge in [0.05, 0.1) is 12.4 Å². The number of nitrogens with zero attached hydrogens (tertiary/aromatic N) is 3. The van der Waals surface area contributed by atoms with Crippen LogP contribution in [0.2, 0.25) is 0 Å². The van der Waals surface area contributed by atoms with Crippen LogP contribution in [0.1, 0.15) is 16.1 Å². The summed E-state index contributed by atoms with van der Waals surface area (Å²) in [6.07, 6.45) is 3.69. The van der Waals surface area contributed by atoms with Gasteiger partial charge in [-0.3, -0.25) is 4.79 Å². The normalized spacial score (nSPS) is 13.4. The first-order valence-electron chi connectivity index (χ1n) is 5.73. The standard InChI is InChI=1S/C13H12N4O/c14-12-8-15-10(7-16-12)13(18)17-6-5-9-3-1-2-4-11(9)17/h1-4,7-8H,5-6H2,(H2,14,16). The third-order valence-electron chi connectivity index (χ3n) is 3.02. The molecule has 18 heavy (non-hydrogen) atoms. The Morgan fingerprint density at radius 3 is 2.83 bits per heavy atom. The molecule has 0 atom stereocenters. The number of hydrogen-bond donors (Lipinski definition) is 1. The lowest BCUT2D eigenvalue weighted by Crippen LogP contribution is -2.29. The fourth-order valence-corrected chi connectivity index (χ4v) is 2.14. The minimum atomic E-state index is -0.132. The highest BCUT2D eigenvalue weighted by Gasteiger charge is 2.25. The smallest absolute Gasteiger partial charge is 0.278 e. The number of carbonyl (C=O) groups excluding carboxylic acids is 1. The summed E-state index contributed by atoms with van der Waals surface area (Å²) in [6, 6.07) is 7.90. The Hall–Kier alpha value is -2.43. The number of rotatable bonds is 1. The van der Waals surface area contributed by atoms with Crippen molar-refractivity contribution >= 4 is 17.4 Å². The lowest BCUT2D eigenvalue weighted by Gasteiger charge is -2.16. The van der Waals surface area contributed by atoms with Crippen molar-refractivity contribution in [3.8, 4) is 0 Å². The van der Waals surface area contributed by atoms with Crippen LogP contribution in [0.4, 0.5) is 11.5 Å². The highest BCUT2D eigenvalue weighted by atomic mass is 16.2. The Balaban J connectivity index is 1.93. The lowest BCUT2D eigenvalue weighted by atomic mass is 10.2. The van der Waals surface area contributed by atoms with Gasteiger partial charge >= 0.3 is 0 Å². The van der Waals surface area contributed by atoms with Crippen LogP contribution in [0.3, 0.4) is 0 Å². The number of carbonyl (C=O) groups is 1. The quantitative estimate of drug-likeness (QED) is 0.814. The predicted octanol–water partition coefficient (Wildman–Crippen LogP) is 1.26. The molecule has 5 nitrogen and oxygen atoms in total. The lowest BCUT2D eigenvalue weighted by molar-refractivity contribution is 0.0984. The van der Waals surface area contributed by atoms with Gasteiger partial charge < -0.3 is 10.6 Å². The summed E-state index contributed by atoms with van der Waals surface area (Å²) in [6.45, 7) is 0.685. The number of aromatic nitrogens is 2. The average molecular weight is 240 g/mol. The van der Waals surface area contributed by atoms with E-state index in [4.69, 9.17) is 5.73 Å². The Bertz CT molecular complexity index is 594. The van der Waals surface area contributed by atoms with E-state index in [1.807, 2.05) is 24.3 Å².